The van der Waals surface area contributed by atoms with E-state index in [0.717, 1.165) is 22.6 Å². The standard InChI is InChI=1S/C11H16N6S/c1-12-8-6-9(16-11(15-8)18-3)14-7-10-13-4-5-17(10)2/h4-6H,7H2,1-3H3,(H2,12,14,15,16). The highest BCUT2D eigenvalue weighted by Gasteiger charge is 2.04. The number of nitrogens with one attached hydrogen (secondary N) is 2. The smallest absolute Gasteiger partial charge is 0.191 e. The van der Waals surface area contributed by atoms with E-state index in [1.165, 1.54) is 11.8 Å². The lowest BCUT2D eigenvalue weighted by Crippen LogP contribution is -2.08. The number of anilines is 2. The zero-order chi connectivity index (χ0) is 13.0. The van der Waals surface area contributed by atoms with E-state index < -0.39 is 0 Å². The SMILES string of the molecule is CNc1cc(NCc2nccn2C)nc(SC)n1. The third kappa shape index (κ3) is 2.92. The van der Waals surface area contributed by atoms with E-state index in [1.54, 1.807) is 6.20 Å². The zero-order valence-electron chi connectivity index (χ0n) is 10.6. The van der Waals surface area contributed by atoms with Crippen LogP contribution < -0.4 is 10.6 Å². The van der Waals surface area contributed by atoms with Gasteiger partial charge in [-0.1, -0.05) is 11.8 Å². The minimum atomic E-state index is 0.636. The molecule has 18 heavy (non-hydrogen) atoms. The fourth-order valence-electron chi connectivity index (χ4n) is 1.47. The van der Waals surface area contributed by atoms with E-state index in [2.05, 4.69) is 25.6 Å². The van der Waals surface area contributed by atoms with E-state index in [0.29, 0.717) is 6.54 Å². The van der Waals surface area contributed by atoms with Gasteiger partial charge < -0.3 is 15.2 Å². The molecule has 2 aromatic rings. The molecule has 0 aliphatic rings. The first-order valence-corrected chi connectivity index (χ1v) is 6.76. The number of hydrogen-bond donors (Lipinski definition) is 2. The molecule has 0 aliphatic heterocycles. The Morgan fingerprint density at radius 1 is 1.33 bits per heavy atom. The van der Waals surface area contributed by atoms with Gasteiger partial charge in [0.2, 0.25) is 0 Å². The summed E-state index contributed by atoms with van der Waals surface area (Å²) in [4.78, 5) is 13.0. The molecule has 2 aromatic heterocycles. The van der Waals surface area contributed by atoms with Crippen molar-refractivity contribution >= 4 is 23.4 Å². The lowest BCUT2D eigenvalue weighted by Gasteiger charge is -2.08. The average Bonchev–Trinajstić information content (AvgIpc) is 2.81. The molecule has 0 fully saturated rings. The van der Waals surface area contributed by atoms with Crippen LogP contribution in [0.3, 0.4) is 0 Å². The fraction of sp³-hybridized carbons (Fsp3) is 0.364. The van der Waals surface area contributed by atoms with E-state index in [9.17, 15) is 0 Å². The summed E-state index contributed by atoms with van der Waals surface area (Å²) in [7, 11) is 3.81. The molecule has 0 aromatic carbocycles. The van der Waals surface area contributed by atoms with E-state index >= 15 is 0 Å². The van der Waals surface area contributed by atoms with Crippen LogP contribution in [0.2, 0.25) is 0 Å². The summed E-state index contributed by atoms with van der Waals surface area (Å²) in [5.41, 5.74) is 0. The first-order chi connectivity index (χ1) is 8.72. The Morgan fingerprint density at radius 3 is 2.72 bits per heavy atom. The number of imidazole rings is 1. The number of hydrogen-bond acceptors (Lipinski definition) is 6. The van der Waals surface area contributed by atoms with Crippen molar-refractivity contribution in [2.45, 2.75) is 11.7 Å². The molecule has 6 nitrogen and oxygen atoms in total. The molecular weight excluding hydrogens is 248 g/mol. The van der Waals surface area contributed by atoms with Crippen LogP contribution in [-0.4, -0.2) is 32.8 Å². The van der Waals surface area contributed by atoms with Gasteiger partial charge in [-0.3, -0.25) is 0 Å². The van der Waals surface area contributed by atoms with Crippen LogP contribution in [-0.2, 0) is 13.6 Å². The lowest BCUT2D eigenvalue weighted by atomic mass is 10.5. The second-order valence-electron chi connectivity index (χ2n) is 3.68. The quantitative estimate of drug-likeness (QED) is 0.631. The topological polar surface area (TPSA) is 67.7 Å². The zero-order valence-corrected chi connectivity index (χ0v) is 11.5. The number of aromatic nitrogens is 4. The summed E-state index contributed by atoms with van der Waals surface area (Å²) >= 11 is 1.52. The molecule has 96 valence electrons. The highest BCUT2D eigenvalue weighted by Crippen LogP contribution is 2.17. The van der Waals surface area contributed by atoms with Crippen molar-refractivity contribution in [3.8, 4) is 0 Å². The Hall–Kier alpha value is -1.76. The van der Waals surface area contributed by atoms with Gasteiger partial charge in [0.05, 0.1) is 6.54 Å². The molecule has 0 saturated carbocycles. The highest BCUT2D eigenvalue weighted by molar-refractivity contribution is 7.98. The summed E-state index contributed by atoms with van der Waals surface area (Å²) < 4.78 is 1.97. The van der Waals surface area contributed by atoms with Gasteiger partial charge in [0.15, 0.2) is 5.16 Å². The second-order valence-corrected chi connectivity index (χ2v) is 4.46. The van der Waals surface area contributed by atoms with Gasteiger partial charge in [0, 0.05) is 32.6 Å². The van der Waals surface area contributed by atoms with Crippen molar-refractivity contribution in [2.75, 3.05) is 23.9 Å². The van der Waals surface area contributed by atoms with Gasteiger partial charge in [-0.05, 0) is 6.26 Å². The Bertz CT molecular complexity index is 502. The van der Waals surface area contributed by atoms with Crippen molar-refractivity contribution in [1.82, 2.24) is 19.5 Å². The molecular formula is C11H16N6S. The predicted molar refractivity (Wildman–Crippen MR) is 73.9 cm³/mol. The van der Waals surface area contributed by atoms with Gasteiger partial charge >= 0.3 is 0 Å². The highest BCUT2D eigenvalue weighted by atomic mass is 32.2. The summed E-state index contributed by atoms with van der Waals surface area (Å²) in [6, 6.07) is 1.88. The summed E-state index contributed by atoms with van der Waals surface area (Å²) in [6.07, 6.45) is 5.66. The Labute approximate surface area is 110 Å². The minimum Gasteiger partial charge on any atom is -0.373 e. The molecule has 0 radical (unpaired) electrons. The largest absolute Gasteiger partial charge is 0.373 e. The molecule has 7 heteroatoms. The van der Waals surface area contributed by atoms with Crippen LogP contribution in [0.5, 0.6) is 0 Å². The lowest BCUT2D eigenvalue weighted by molar-refractivity contribution is 0.808. The van der Waals surface area contributed by atoms with Crippen LogP contribution in [0.15, 0.2) is 23.6 Å². The maximum absolute atomic E-state index is 4.39. The van der Waals surface area contributed by atoms with Crippen LogP contribution in [0.25, 0.3) is 0 Å². The molecule has 2 N–H and O–H groups in total. The first kappa shape index (κ1) is 12.7. The van der Waals surface area contributed by atoms with Crippen LogP contribution in [0.1, 0.15) is 5.82 Å². The monoisotopic (exact) mass is 264 g/mol. The third-order valence-corrected chi connectivity index (χ3v) is 3.04. The van der Waals surface area contributed by atoms with Gasteiger partial charge in [-0.15, -0.1) is 0 Å². The number of rotatable bonds is 5. The minimum absolute atomic E-state index is 0.636. The van der Waals surface area contributed by atoms with E-state index in [-0.39, 0.29) is 0 Å². The van der Waals surface area contributed by atoms with Crippen LogP contribution in [0, 0.1) is 0 Å². The summed E-state index contributed by atoms with van der Waals surface area (Å²) in [5.74, 6) is 2.56. The van der Waals surface area contributed by atoms with Gasteiger partial charge in [0.25, 0.3) is 0 Å². The molecule has 0 unspecified atom stereocenters. The van der Waals surface area contributed by atoms with Gasteiger partial charge in [0.1, 0.15) is 17.5 Å². The Morgan fingerprint density at radius 2 is 2.11 bits per heavy atom. The van der Waals surface area contributed by atoms with Gasteiger partial charge in [-0.25, -0.2) is 15.0 Å². The molecule has 0 spiro atoms. The maximum Gasteiger partial charge on any atom is 0.191 e. The van der Waals surface area contributed by atoms with Gasteiger partial charge in [-0.2, -0.15) is 0 Å². The summed E-state index contributed by atoms with van der Waals surface area (Å²) in [6.45, 7) is 0.636. The molecule has 0 aliphatic carbocycles. The normalized spacial score (nSPS) is 10.4. The van der Waals surface area contributed by atoms with Crippen molar-refractivity contribution in [3.63, 3.8) is 0 Å². The predicted octanol–water partition coefficient (Wildman–Crippen LogP) is 1.59. The number of aryl methyl sites for hydroxylation is 1. The van der Waals surface area contributed by atoms with Crippen LogP contribution >= 0.6 is 11.8 Å². The molecule has 0 saturated heterocycles. The molecule has 0 atom stereocenters. The van der Waals surface area contributed by atoms with Crippen LogP contribution in [0.4, 0.5) is 11.6 Å². The van der Waals surface area contributed by atoms with Crippen molar-refractivity contribution in [1.29, 1.82) is 0 Å². The van der Waals surface area contributed by atoms with Crippen molar-refractivity contribution < 1.29 is 0 Å². The van der Waals surface area contributed by atoms with Crippen molar-refractivity contribution in [2.24, 2.45) is 7.05 Å². The Balaban J connectivity index is 2.11. The molecule has 2 heterocycles. The molecule has 2 rings (SSSR count). The maximum atomic E-state index is 4.39. The third-order valence-electron chi connectivity index (χ3n) is 2.49. The first-order valence-electron chi connectivity index (χ1n) is 5.54. The summed E-state index contributed by atoms with van der Waals surface area (Å²) in [5, 5.41) is 7.01. The molecule has 0 amide bonds. The Kier molecular flexibility index (Phi) is 4.03. The van der Waals surface area contributed by atoms with E-state index in [1.807, 2.05) is 37.2 Å². The second kappa shape index (κ2) is 5.72. The van der Waals surface area contributed by atoms with E-state index in [4.69, 9.17) is 0 Å². The number of nitrogens with zero attached hydrogens (tertiary/aromatic N) is 4. The molecule has 0 bridgehead atoms. The average molecular weight is 264 g/mol. The number of thioether (sulfide) groups is 1. The van der Waals surface area contributed by atoms with Crippen molar-refractivity contribution in [3.05, 3.63) is 24.3 Å². The fourth-order valence-corrected chi connectivity index (χ4v) is 1.85.